The molecule has 0 aliphatic carbocycles. The van der Waals surface area contributed by atoms with Crippen molar-refractivity contribution in [3.05, 3.63) is 82.0 Å². The van der Waals surface area contributed by atoms with Gasteiger partial charge in [0.2, 0.25) is 5.91 Å². The minimum atomic E-state index is -0.439. The van der Waals surface area contributed by atoms with Gasteiger partial charge in [0.05, 0.1) is 4.92 Å². The molecule has 2 aromatic carbocycles. The highest BCUT2D eigenvalue weighted by Crippen LogP contribution is 2.21. The number of nitrogens with zero attached hydrogens (tertiary/aromatic N) is 4. The van der Waals surface area contributed by atoms with Gasteiger partial charge in [0.25, 0.3) is 5.69 Å². The number of anilines is 1. The van der Waals surface area contributed by atoms with Gasteiger partial charge in [0, 0.05) is 56.0 Å². The van der Waals surface area contributed by atoms with E-state index in [9.17, 15) is 14.9 Å². The van der Waals surface area contributed by atoms with Crippen molar-refractivity contribution in [3.63, 3.8) is 0 Å². The van der Waals surface area contributed by atoms with Gasteiger partial charge in [-0.15, -0.1) is 0 Å². The van der Waals surface area contributed by atoms with E-state index < -0.39 is 4.92 Å². The predicted octanol–water partition coefficient (Wildman–Crippen LogP) is 4.07. The average Bonchev–Trinajstić information content (AvgIpc) is 2.79. The summed E-state index contributed by atoms with van der Waals surface area (Å²) >= 11 is 0. The van der Waals surface area contributed by atoms with Gasteiger partial charge in [-0.1, -0.05) is 37.3 Å². The van der Waals surface area contributed by atoms with Crippen LogP contribution in [-0.2, 0) is 17.8 Å². The summed E-state index contributed by atoms with van der Waals surface area (Å²) in [6.45, 7) is 3.00. The number of nitro groups is 1. The van der Waals surface area contributed by atoms with Crippen molar-refractivity contribution >= 4 is 17.4 Å². The van der Waals surface area contributed by atoms with Gasteiger partial charge in [-0.25, -0.2) is 9.97 Å². The van der Waals surface area contributed by atoms with Gasteiger partial charge >= 0.3 is 0 Å². The zero-order valence-corrected chi connectivity index (χ0v) is 17.6. The number of aryl methyl sites for hydroxylation is 1. The highest BCUT2D eigenvalue weighted by Gasteiger charge is 2.11. The second-order valence-electron chi connectivity index (χ2n) is 7.14. The van der Waals surface area contributed by atoms with Crippen molar-refractivity contribution in [3.8, 4) is 11.4 Å². The first-order chi connectivity index (χ1) is 15.0. The Labute approximate surface area is 181 Å². The Morgan fingerprint density at radius 3 is 2.45 bits per heavy atom. The zero-order chi connectivity index (χ0) is 22.2. The average molecular weight is 419 g/mol. The fourth-order valence-electron chi connectivity index (χ4n) is 3.06. The zero-order valence-electron chi connectivity index (χ0n) is 17.6. The lowest BCUT2D eigenvalue weighted by molar-refractivity contribution is -0.384. The first-order valence-corrected chi connectivity index (χ1v) is 10.1. The second kappa shape index (κ2) is 10.3. The van der Waals surface area contributed by atoms with Crippen molar-refractivity contribution in [1.29, 1.82) is 0 Å². The summed E-state index contributed by atoms with van der Waals surface area (Å²) in [7, 11) is 1.79. The number of carbonyl (C=O) groups is 1. The van der Waals surface area contributed by atoms with Crippen LogP contribution >= 0.6 is 0 Å². The molecule has 0 unspecified atom stereocenters. The smallest absolute Gasteiger partial charge is 0.269 e. The maximum Gasteiger partial charge on any atom is 0.269 e. The van der Waals surface area contributed by atoms with Crippen molar-refractivity contribution in [1.82, 2.24) is 14.9 Å². The standard InChI is InChI=1S/C23H25N5O3/c1-3-19-15-21(26-23(25-19)18-9-11-20(12-10-18)28(30)31)24-14-13-22(29)27(2)16-17-7-5-4-6-8-17/h4-12,15H,3,13-14,16H2,1-2H3,(H,24,25,26). The van der Waals surface area contributed by atoms with Crippen molar-refractivity contribution in [2.75, 3.05) is 18.9 Å². The molecule has 0 saturated carbocycles. The number of aromatic nitrogens is 2. The molecule has 1 amide bonds. The van der Waals surface area contributed by atoms with Crippen LogP contribution in [0.2, 0.25) is 0 Å². The summed E-state index contributed by atoms with van der Waals surface area (Å²) < 4.78 is 0. The molecular weight excluding hydrogens is 394 g/mol. The van der Waals surface area contributed by atoms with E-state index in [1.807, 2.05) is 43.3 Å². The monoisotopic (exact) mass is 419 g/mol. The molecule has 0 bridgehead atoms. The molecule has 160 valence electrons. The number of benzene rings is 2. The minimum absolute atomic E-state index is 0.0203. The Hall–Kier alpha value is -3.81. The highest BCUT2D eigenvalue weighted by atomic mass is 16.6. The van der Waals surface area contributed by atoms with Gasteiger partial charge in [0.1, 0.15) is 5.82 Å². The van der Waals surface area contributed by atoms with E-state index in [0.29, 0.717) is 36.7 Å². The van der Waals surface area contributed by atoms with Crippen LogP contribution < -0.4 is 5.32 Å². The maximum absolute atomic E-state index is 12.4. The van der Waals surface area contributed by atoms with E-state index in [4.69, 9.17) is 0 Å². The van der Waals surface area contributed by atoms with Crippen molar-refractivity contribution in [2.45, 2.75) is 26.3 Å². The summed E-state index contributed by atoms with van der Waals surface area (Å²) in [4.78, 5) is 33.6. The van der Waals surface area contributed by atoms with Crippen LogP contribution in [0, 0.1) is 10.1 Å². The fourth-order valence-corrected chi connectivity index (χ4v) is 3.06. The van der Waals surface area contributed by atoms with Crippen LogP contribution in [0.5, 0.6) is 0 Å². The van der Waals surface area contributed by atoms with Crippen LogP contribution in [0.25, 0.3) is 11.4 Å². The van der Waals surface area contributed by atoms with E-state index >= 15 is 0 Å². The van der Waals surface area contributed by atoms with E-state index in [1.165, 1.54) is 12.1 Å². The summed E-state index contributed by atoms with van der Waals surface area (Å²) in [6.07, 6.45) is 1.05. The third-order valence-electron chi connectivity index (χ3n) is 4.81. The summed E-state index contributed by atoms with van der Waals surface area (Å²) in [6, 6.07) is 17.9. The largest absolute Gasteiger partial charge is 0.369 e. The van der Waals surface area contributed by atoms with E-state index in [-0.39, 0.29) is 11.6 Å². The van der Waals surface area contributed by atoms with Crippen LogP contribution in [0.1, 0.15) is 24.6 Å². The lowest BCUT2D eigenvalue weighted by atomic mass is 10.2. The Bertz CT molecular complexity index is 1040. The Morgan fingerprint density at radius 1 is 1.10 bits per heavy atom. The number of carbonyl (C=O) groups excluding carboxylic acids is 1. The molecule has 31 heavy (non-hydrogen) atoms. The molecule has 0 aliphatic heterocycles. The molecule has 1 heterocycles. The Balaban J connectivity index is 1.62. The predicted molar refractivity (Wildman–Crippen MR) is 120 cm³/mol. The minimum Gasteiger partial charge on any atom is -0.369 e. The molecule has 1 N–H and O–H groups in total. The maximum atomic E-state index is 12.4. The quantitative estimate of drug-likeness (QED) is 0.414. The molecule has 0 fully saturated rings. The van der Waals surface area contributed by atoms with Gasteiger partial charge in [-0.2, -0.15) is 0 Å². The lowest BCUT2D eigenvalue weighted by Gasteiger charge is -2.17. The molecule has 1 aromatic heterocycles. The van der Waals surface area contributed by atoms with Crippen LogP contribution in [0.4, 0.5) is 11.5 Å². The first-order valence-electron chi connectivity index (χ1n) is 10.1. The number of hydrogen-bond donors (Lipinski definition) is 1. The number of rotatable bonds is 9. The SMILES string of the molecule is CCc1cc(NCCC(=O)N(C)Cc2ccccc2)nc(-c2ccc([N+](=O)[O-])cc2)n1. The number of nitro benzene ring substituents is 1. The number of nitrogens with one attached hydrogen (secondary N) is 1. The lowest BCUT2D eigenvalue weighted by Crippen LogP contribution is -2.27. The fraction of sp³-hybridized carbons (Fsp3) is 0.261. The van der Waals surface area contributed by atoms with Crippen LogP contribution in [0.15, 0.2) is 60.7 Å². The molecule has 0 saturated heterocycles. The molecule has 8 heteroatoms. The highest BCUT2D eigenvalue weighted by molar-refractivity contribution is 5.76. The first kappa shape index (κ1) is 21.9. The molecule has 8 nitrogen and oxygen atoms in total. The van der Waals surface area contributed by atoms with Gasteiger partial charge in [-0.3, -0.25) is 14.9 Å². The van der Waals surface area contributed by atoms with Crippen LogP contribution in [0.3, 0.4) is 0 Å². The van der Waals surface area contributed by atoms with Crippen molar-refractivity contribution < 1.29 is 9.72 Å². The van der Waals surface area contributed by atoms with Gasteiger partial charge < -0.3 is 10.2 Å². The molecule has 0 spiro atoms. The molecular formula is C23H25N5O3. The summed E-state index contributed by atoms with van der Waals surface area (Å²) in [5, 5.41) is 14.1. The molecule has 3 aromatic rings. The Morgan fingerprint density at radius 2 is 1.81 bits per heavy atom. The van der Waals surface area contributed by atoms with E-state index in [0.717, 1.165) is 17.7 Å². The topological polar surface area (TPSA) is 101 Å². The van der Waals surface area contributed by atoms with Gasteiger partial charge in [0.15, 0.2) is 5.82 Å². The summed E-state index contributed by atoms with van der Waals surface area (Å²) in [5.74, 6) is 1.15. The van der Waals surface area contributed by atoms with E-state index in [1.54, 1.807) is 24.1 Å². The second-order valence-corrected chi connectivity index (χ2v) is 7.14. The molecule has 0 atom stereocenters. The molecule has 0 aliphatic rings. The van der Waals surface area contributed by atoms with Gasteiger partial charge in [-0.05, 0) is 24.1 Å². The third-order valence-corrected chi connectivity index (χ3v) is 4.81. The van der Waals surface area contributed by atoms with E-state index in [2.05, 4.69) is 15.3 Å². The molecule has 3 rings (SSSR count). The Kier molecular flexibility index (Phi) is 7.26. The normalized spacial score (nSPS) is 10.5. The molecule has 0 radical (unpaired) electrons. The third kappa shape index (κ3) is 6.08. The van der Waals surface area contributed by atoms with Crippen molar-refractivity contribution in [2.24, 2.45) is 0 Å². The van der Waals surface area contributed by atoms with Crippen LogP contribution in [-0.4, -0.2) is 39.3 Å². The number of hydrogen-bond acceptors (Lipinski definition) is 6. The number of amides is 1. The number of non-ortho nitro benzene ring substituents is 1. The summed E-state index contributed by atoms with van der Waals surface area (Å²) in [5.41, 5.74) is 2.65.